The molecule has 0 saturated heterocycles. The lowest BCUT2D eigenvalue weighted by Gasteiger charge is -2.27. The number of nitrogens with zero attached hydrogens (tertiary/aromatic N) is 1. The molecular formula is C14H22ClNO3S. The molecule has 20 heavy (non-hydrogen) atoms. The summed E-state index contributed by atoms with van der Waals surface area (Å²) in [5, 5.41) is 9.58. The van der Waals surface area contributed by atoms with Crippen molar-refractivity contribution in [2.45, 2.75) is 45.2 Å². The number of sulfonamides is 1. The van der Waals surface area contributed by atoms with E-state index in [1.807, 2.05) is 27.7 Å². The summed E-state index contributed by atoms with van der Waals surface area (Å²) in [7, 11) is -3.58. The van der Waals surface area contributed by atoms with Crippen molar-refractivity contribution in [3.63, 3.8) is 0 Å². The first-order valence-corrected chi connectivity index (χ1v) is 8.43. The summed E-state index contributed by atoms with van der Waals surface area (Å²) in [6.45, 7) is 7.83. The fourth-order valence-corrected chi connectivity index (χ4v) is 3.94. The van der Waals surface area contributed by atoms with E-state index in [0.717, 1.165) is 0 Å². The lowest BCUT2D eigenvalue weighted by Crippen LogP contribution is -2.39. The Balaban J connectivity index is 3.26. The monoisotopic (exact) mass is 319 g/mol. The molecule has 0 unspecified atom stereocenters. The van der Waals surface area contributed by atoms with Crippen molar-refractivity contribution in [1.29, 1.82) is 0 Å². The van der Waals surface area contributed by atoms with Crippen molar-refractivity contribution in [3.05, 3.63) is 28.8 Å². The van der Waals surface area contributed by atoms with Crippen LogP contribution in [0.15, 0.2) is 23.1 Å². The molecule has 0 aliphatic rings. The van der Waals surface area contributed by atoms with Crippen LogP contribution < -0.4 is 0 Å². The summed E-state index contributed by atoms with van der Waals surface area (Å²) in [5.41, 5.74) is 0.418. The smallest absolute Gasteiger partial charge is 0.243 e. The molecule has 0 aliphatic carbocycles. The van der Waals surface area contributed by atoms with Crippen LogP contribution in [0, 0.1) is 5.92 Å². The summed E-state index contributed by atoms with van der Waals surface area (Å²) >= 11 is 5.90. The zero-order valence-corrected chi connectivity index (χ0v) is 13.9. The first-order chi connectivity index (χ1) is 9.20. The Kier molecular flexibility index (Phi) is 6.01. The lowest BCUT2D eigenvalue weighted by atomic mass is 10.2. The molecule has 0 saturated carbocycles. The fraction of sp³-hybridized carbons (Fsp3) is 0.571. The molecule has 0 aliphatic heterocycles. The third-order valence-electron chi connectivity index (χ3n) is 2.92. The van der Waals surface area contributed by atoms with E-state index in [-0.39, 0.29) is 23.5 Å². The molecule has 0 bridgehead atoms. The highest BCUT2D eigenvalue weighted by molar-refractivity contribution is 7.89. The van der Waals surface area contributed by atoms with Crippen LogP contribution in [0.3, 0.4) is 0 Å². The molecule has 0 heterocycles. The highest BCUT2D eigenvalue weighted by atomic mass is 35.5. The van der Waals surface area contributed by atoms with Gasteiger partial charge in [0.1, 0.15) is 0 Å². The molecule has 1 N–H and O–H groups in total. The van der Waals surface area contributed by atoms with E-state index in [4.69, 9.17) is 11.6 Å². The van der Waals surface area contributed by atoms with Gasteiger partial charge in [-0.05, 0) is 43.5 Å². The minimum atomic E-state index is -3.58. The number of hydrogen-bond donors (Lipinski definition) is 1. The SMILES string of the molecule is CC(C)CN(C(C)C)S(=O)(=O)c1ccc(Cl)c(CO)c1. The molecular weight excluding hydrogens is 298 g/mol. The Hall–Kier alpha value is -0.620. The summed E-state index contributed by atoms with van der Waals surface area (Å²) in [4.78, 5) is 0.167. The van der Waals surface area contributed by atoms with E-state index >= 15 is 0 Å². The second-order valence-electron chi connectivity index (χ2n) is 5.47. The standard InChI is InChI=1S/C14H22ClNO3S/c1-10(2)8-16(11(3)4)20(18,19)13-5-6-14(15)12(7-13)9-17/h5-7,10-11,17H,8-9H2,1-4H3. The highest BCUT2D eigenvalue weighted by Gasteiger charge is 2.28. The van der Waals surface area contributed by atoms with Gasteiger partial charge in [-0.15, -0.1) is 0 Å². The zero-order valence-electron chi connectivity index (χ0n) is 12.3. The zero-order chi connectivity index (χ0) is 15.5. The van der Waals surface area contributed by atoms with Crippen molar-refractivity contribution in [2.24, 2.45) is 5.92 Å². The molecule has 4 nitrogen and oxygen atoms in total. The molecule has 0 atom stereocenters. The predicted octanol–water partition coefficient (Wildman–Crippen LogP) is 2.89. The maximum atomic E-state index is 12.7. The van der Waals surface area contributed by atoms with E-state index < -0.39 is 10.0 Å². The van der Waals surface area contributed by atoms with Crippen molar-refractivity contribution in [3.8, 4) is 0 Å². The first kappa shape index (κ1) is 17.4. The van der Waals surface area contributed by atoms with Gasteiger partial charge < -0.3 is 5.11 Å². The van der Waals surface area contributed by atoms with Crippen molar-refractivity contribution >= 4 is 21.6 Å². The molecule has 0 radical (unpaired) electrons. The summed E-state index contributed by atoms with van der Waals surface area (Å²) < 4.78 is 26.9. The van der Waals surface area contributed by atoms with E-state index in [0.29, 0.717) is 17.1 Å². The molecule has 1 rings (SSSR count). The van der Waals surface area contributed by atoms with E-state index in [2.05, 4.69) is 0 Å². The van der Waals surface area contributed by atoms with Gasteiger partial charge in [-0.3, -0.25) is 0 Å². The van der Waals surface area contributed by atoms with Gasteiger partial charge in [-0.1, -0.05) is 25.4 Å². The summed E-state index contributed by atoms with van der Waals surface area (Å²) in [6, 6.07) is 4.30. The molecule has 0 aromatic heterocycles. The average molecular weight is 320 g/mol. The number of rotatable bonds is 6. The van der Waals surface area contributed by atoms with Gasteiger partial charge in [-0.25, -0.2) is 8.42 Å². The van der Waals surface area contributed by atoms with Crippen LogP contribution in [0.2, 0.25) is 5.02 Å². The molecule has 0 amide bonds. The normalized spacial score (nSPS) is 12.7. The van der Waals surface area contributed by atoms with Gasteiger partial charge in [-0.2, -0.15) is 4.31 Å². The second-order valence-corrected chi connectivity index (χ2v) is 7.77. The van der Waals surface area contributed by atoms with Gasteiger partial charge in [0.05, 0.1) is 11.5 Å². The van der Waals surface area contributed by atoms with Gasteiger partial charge in [0.2, 0.25) is 10.0 Å². The van der Waals surface area contributed by atoms with E-state index in [1.165, 1.54) is 22.5 Å². The molecule has 0 spiro atoms. The Bertz CT molecular complexity index is 556. The van der Waals surface area contributed by atoms with Crippen molar-refractivity contribution in [2.75, 3.05) is 6.54 Å². The topological polar surface area (TPSA) is 57.6 Å². The van der Waals surface area contributed by atoms with Crippen LogP contribution in [0.5, 0.6) is 0 Å². The third-order valence-corrected chi connectivity index (χ3v) is 5.32. The minimum Gasteiger partial charge on any atom is -0.392 e. The highest BCUT2D eigenvalue weighted by Crippen LogP contribution is 2.24. The maximum Gasteiger partial charge on any atom is 0.243 e. The number of benzene rings is 1. The van der Waals surface area contributed by atoms with Crippen molar-refractivity contribution in [1.82, 2.24) is 4.31 Å². The predicted molar refractivity (Wildman–Crippen MR) is 81.2 cm³/mol. The fourth-order valence-electron chi connectivity index (χ4n) is 1.91. The van der Waals surface area contributed by atoms with E-state index in [9.17, 15) is 13.5 Å². The van der Waals surface area contributed by atoms with Crippen LogP contribution in [0.1, 0.15) is 33.3 Å². The number of aliphatic hydroxyl groups excluding tert-OH is 1. The number of hydrogen-bond acceptors (Lipinski definition) is 3. The molecule has 1 aromatic rings. The van der Waals surface area contributed by atoms with Gasteiger partial charge in [0.25, 0.3) is 0 Å². The first-order valence-electron chi connectivity index (χ1n) is 6.61. The molecule has 1 aromatic carbocycles. The van der Waals surface area contributed by atoms with Crippen molar-refractivity contribution < 1.29 is 13.5 Å². The molecule has 0 fully saturated rings. The van der Waals surface area contributed by atoms with Crippen LogP contribution in [0.4, 0.5) is 0 Å². The Morgan fingerprint density at radius 3 is 2.30 bits per heavy atom. The third kappa shape index (κ3) is 3.95. The molecule has 114 valence electrons. The van der Waals surface area contributed by atoms with Crippen LogP contribution in [0.25, 0.3) is 0 Å². The Labute approximate surface area is 126 Å². The van der Waals surface area contributed by atoms with Crippen LogP contribution in [-0.4, -0.2) is 30.4 Å². The Morgan fingerprint density at radius 1 is 1.25 bits per heavy atom. The maximum absolute atomic E-state index is 12.7. The average Bonchev–Trinajstić information content (AvgIpc) is 2.35. The van der Waals surface area contributed by atoms with E-state index in [1.54, 1.807) is 0 Å². The summed E-state index contributed by atoms with van der Waals surface area (Å²) in [6.07, 6.45) is 0. The minimum absolute atomic E-state index is 0.129. The largest absolute Gasteiger partial charge is 0.392 e. The summed E-state index contributed by atoms with van der Waals surface area (Å²) in [5.74, 6) is 0.233. The molecule has 6 heteroatoms. The van der Waals surface area contributed by atoms with Crippen LogP contribution in [-0.2, 0) is 16.6 Å². The number of halogens is 1. The second kappa shape index (κ2) is 6.89. The van der Waals surface area contributed by atoms with Gasteiger partial charge in [0, 0.05) is 17.6 Å². The van der Waals surface area contributed by atoms with Gasteiger partial charge in [0.15, 0.2) is 0 Å². The number of aliphatic hydroxyl groups is 1. The lowest BCUT2D eigenvalue weighted by molar-refractivity contribution is 0.281. The van der Waals surface area contributed by atoms with Crippen LogP contribution >= 0.6 is 11.6 Å². The van der Waals surface area contributed by atoms with Gasteiger partial charge >= 0.3 is 0 Å². The Morgan fingerprint density at radius 2 is 1.85 bits per heavy atom. The quantitative estimate of drug-likeness (QED) is 0.877.